The summed E-state index contributed by atoms with van der Waals surface area (Å²) < 4.78 is 0. The van der Waals surface area contributed by atoms with Crippen LogP contribution < -0.4 is 5.32 Å². The van der Waals surface area contributed by atoms with Crippen LogP contribution in [0.5, 0.6) is 0 Å². The van der Waals surface area contributed by atoms with Crippen molar-refractivity contribution in [1.82, 2.24) is 4.90 Å². The topological polar surface area (TPSA) is 49.4 Å². The molecule has 0 fully saturated rings. The van der Waals surface area contributed by atoms with Crippen molar-refractivity contribution in [2.45, 2.75) is 20.8 Å². The molecular weight excluding hydrogens is 312 g/mol. The molecule has 0 spiro atoms. The summed E-state index contributed by atoms with van der Waals surface area (Å²) in [5.74, 6) is -0.220. The minimum Gasteiger partial charge on any atom is -0.345 e. The Bertz CT molecular complexity index is 795. The molecule has 0 saturated carbocycles. The van der Waals surface area contributed by atoms with E-state index in [1.54, 1.807) is 32.3 Å². The normalized spacial score (nSPS) is 10.8. The number of carbonyl (C=O) groups excluding carboxylic acids is 2. The second-order valence-electron chi connectivity index (χ2n) is 6.42. The summed E-state index contributed by atoms with van der Waals surface area (Å²) in [5.41, 5.74) is 5.61. The molecule has 0 heterocycles. The van der Waals surface area contributed by atoms with E-state index in [1.165, 1.54) is 16.5 Å². The van der Waals surface area contributed by atoms with Gasteiger partial charge in [-0.2, -0.15) is 0 Å². The van der Waals surface area contributed by atoms with Gasteiger partial charge in [-0.3, -0.25) is 9.59 Å². The van der Waals surface area contributed by atoms with Crippen molar-refractivity contribution < 1.29 is 9.59 Å². The second-order valence-corrected chi connectivity index (χ2v) is 6.42. The van der Waals surface area contributed by atoms with Gasteiger partial charge in [0.25, 0.3) is 5.91 Å². The SMILES string of the molecule is Cc1cc(C)c(NC(=O)/C=C/c2ccc(C(=O)N(C)C)cc2)c(C)c1. The Morgan fingerprint density at radius 2 is 1.52 bits per heavy atom. The fourth-order valence-corrected chi connectivity index (χ4v) is 2.71. The molecule has 0 aromatic heterocycles. The molecule has 0 unspecified atom stereocenters. The summed E-state index contributed by atoms with van der Waals surface area (Å²) >= 11 is 0. The molecule has 25 heavy (non-hydrogen) atoms. The van der Waals surface area contributed by atoms with Crippen molar-refractivity contribution in [3.8, 4) is 0 Å². The highest BCUT2D eigenvalue weighted by Gasteiger charge is 2.07. The zero-order valence-electron chi connectivity index (χ0n) is 15.4. The van der Waals surface area contributed by atoms with Crippen LogP contribution in [0.4, 0.5) is 5.69 Å². The highest BCUT2D eigenvalue weighted by molar-refractivity contribution is 6.03. The van der Waals surface area contributed by atoms with E-state index < -0.39 is 0 Å². The van der Waals surface area contributed by atoms with Gasteiger partial charge in [-0.25, -0.2) is 0 Å². The summed E-state index contributed by atoms with van der Waals surface area (Å²) in [6.07, 6.45) is 3.24. The smallest absolute Gasteiger partial charge is 0.253 e. The number of hydrogen-bond acceptors (Lipinski definition) is 2. The third-order valence-corrected chi connectivity index (χ3v) is 3.92. The average molecular weight is 336 g/mol. The summed E-state index contributed by atoms with van der Waals surface area (Å²) in [4.78, 5) is 25.6. The number of hydrogen-bond donors (Lipinski definition) is 1. The summed E-state index contributed by atoms with van der Waals surface area (Å²) in [6.45, 7) is 6.01. The van der Waals surface area contributed by atoms with Gasteiger partial charge in [0.1, 0.15) is 0 Å². The molecular formula is C21H24N2O2. The van der Waals surface area contributed by atoms with Gasteiger partial charge in [-0.1, -0.05) is 29.8 Å². The molecule has 4 nitrogen and oxygen atoms in total. The zero-order chi connectivity index (χ0) is 18.6. The molecule has 0 aliphatic heterocycles. The van der Waals surface area contributed by atoms with Crippen LogP contribution in [0.15, 0.2) is 42.5 Å². The van der Waals surface area contributed by atoms with Crippen molar-refractivity contribution in [2.24, 2.45) is 0 Å². The predicted octanol–water partition coefficient (Wildman–Crippen LogP) is 3.97. The molecule has 130 valence electrons. The first kappa shape index (κ1) is 18.5. The maximum absolute atomic E-state index is 12.2. The third kappa shape index (κ3) is 4.80. The van der Waals surface area contributed by atoms with E-state index in [4.69, 9.17) is 0 Å². The number of rotatable bonds is 4. The van der Waals surface area contributed by atoms with Gasteiger partial charge in [0.2, 0.25) is 5.91 Å². The molecule has 2 aromatic carbocycles. The summed E-state index contributed by atoms with van der Waals surface area (Å²) in [7, 11) is 3.44. The lowest BCUT2D eigenvalue weighted by Crippen LogP contribution is -2.21. The number of nitrogens with one attached hydrogen (secondary N) is 1. The van der Waals surface area contributed by atoms with E-state index in [0.29, 0.717) is 5.56 Å². The second kappa shape index (κ2) is 7.79. The highest BCUT2D eigenvalue weighted by Crippen LogP contribution is 2.22. The number of aryl methyl sites for hydroxylation is 3. The largest absolute Gasteiger partial charge is 0.345 e. The van der Waals surface area contributed by atoms with Crippen molar-refractivity contribution in [3.05, 3.63) is 70.3 Å². The Hall–Kier alpha value is -2.88. The van der Waals surface area contributed by atoms with Crippen LogP contribution in [0.3, 0.4) is 0 Å². The monoisotopic (exact) mass is 336 g/mol. The highest BCUT2D eigenvalue weighted by atomic mass is 16.2. The van der Waals surface area contributed by atoms with Crippen LogP contribution in [0.25, 0.3) is 6.08 Å². The first-order chi connectivity index (χ1) is 11.8. The van der Waals surface area contributed by atoms with Gasteiger partial charge in [-0.15, -0.1) is 0 Å². The lowest BCUT2D eigenvalue weighted by Gasteiger charge is -2.11. The molecule has 0 atom stereocenters. The fraction of sp³-hybridized carbons (Fsp3) is 0.238. The maximum Gasteiger partial charge on any atom is 0.253 e. The minimum atomic E-state index is -0.177. The average Bonchev–Trinajstić information content (AvgIpc) is 2.56. The molecule has 0 bridgehead atoms. The molecule has 0 saturated heterocycles. The van der Waals surface area contributed by atoms with Crippen molar-refractivity contribution in [1.29, 1.82) is 0 Å². The zero-order valence-corrected chi connectivity index (χ0v) is 15.4. The Morgan fingerprint density at radius 3 is 2.04 bits per heavy atom. The van der Waals surface area contributed by atoms with E-state index in [-0.39, 0.29) is 11.8 Å². The number of benzene rings is 2. The number of anilines is 1. The molecule has 2 aromatic rings. The van der Waals surface area contributed by atoms with Crippen LogP contribution >= 0.6 is 0 Å². The quantitative estimate of drug-likeness (QED) is 0.859. The molecule has 0 aliphatic carbocycles. The first-order valence-corrected chi connectivity index (χ1v) is 8.16. The van der Waals surface area contributed by atoms with Crippen LogP contribution in [-0.2, 0) is 4.79 Å². The predicted molar refractivity (Wildman–Crippen MR) is 103 cm³/mol. The molecule has 2 amide bonds. The lowest BCUT2D eigenvalue weighted by atomic mass is 10.1. The van der Waals surface area contributed by atoms with E-state index in [9.17, 15) is 9.59 Å². The number of carbonyl (C=O) groups is 2. The first-order valence-electron chi connectivity index (χ1n) is 8.16. The van der Waals surface area contributed by atoms with Crippen molar-refractivity contribution in [2.75, 3.05) is 19.4 Å². The molecule has 4 heteroatoms. The van der Waals surface area contributed by atoms with Gasteiger partial charge in [0.15, 0.2) is 0 Å². The van der Waals surface area contributed by atoms with Gasteiger partial charge >= 0.3 is 0 Å². The maximum atomic E-state index is 12.2. The molecule has 0 aliphatic rings. The molecule has 2 rings (SSSR count). The summed E-state index contributed by atoms with van der Waals surface area (Å²) in [5, 5.41) is 2.93. The minimum absolute atomic E-state index is 0.0430. The molecule has 0 radical (unpaired) electrons. The van der Waals surface area contributed by atoms with Gasteiger partial charge in [0.05, 0.1) is 0 Å². The van der Waals surface area contributed by atoms with E-state index in [1.807, 2.05) is 45.0 Å². The molecule has 1 N–H and O–H groups in total. The van der Waals surface area contributed by atoms with E-state index in [0.717, 1.165) is 22.4 Å². The van der Waals surface area contributed by atoms with E-state index in [2.05, 4.69) is 5.32 Å². The van der Waals surface area contributed by atoms with Gasteiger partial charge in [0, 0.05) is 31.4 Å². The standard InChI is InChI=1S/C21H24N2O2/c1-14-12-15(2)20(16(3)13-14)22-19(24)11-8-17-6-9-18(10-7-17)21(25)23(4)5/h6-13H,1-5H3,(H,22,24)/b11-8+. The Balaban J connectivity index is 2.07. The van der Waals surface area contributed by atoms with Gasteiger partial charge < -0.3 is 10.2 Å². The van der Waals surface area contributed by atoms with Crippen LogP contribution in [0.2, 0.25) is 0 Å². The van der Waals surface area contributed by atoms with E-state index >= 15 is 0 Å². The number of amides is 2. The number of nitrogens with zero attached hydrogens (tertiary/aromatic N) is 1. The van der Waals surface area contributed by atoms with Crippen molar-refractivity contribution in [3.63, 3.8) is 0 Å². The lowest BCUT2D eigenvalue weighted by molar-refractivity contribution is -0.111. The summed E-state index contributed by atoms with van der Waals surface area (Å²) in [6, 6.07) is 11.3. The van der Waals surface area contributed by atoms with Gasteiger partial charge in [-0.05, 0) is 55.7 Å². The Labute approximate surface area is 149 Å². The fourth-order valence-electron chi connectivity index (χ4n) is 2.71. The van der Waals surface area contributed by atoms with Crippen LogP contribution in [0.1, 0.15) is 32.6 Å². The Kier molecular flexibility index (Phi) is 5.75. The van der Waals surface area contributed by atoms with Crippen LogP contribution in [-0.4, -0.2) is 30.8 Å². The Morgan fingerprint density at radius 1 is 0.960 bits per heavy atom. The van der Waals surface area contributed by atoms with Crippen molar-refractivity contribution >= 4 is 23.6 Å². The van der Waals surface area contributed by atoms with Crippen LogP contribution in [0, 0.1) is 20.8 Å². The third-order valence-electron chi connectivity index (χ3n) is 3.92.